The molecule has 3 aliphatic rings. The lowest BCUT2D eigenvalue weighted by atomic mass is 10.1. The summed E-state index contributed by atoms with van der Waals surface area (Å²) in [6, 6.07) is 25.5. The Morgan fingerprint density at radius 2 is 1.10 bits per heavy atom. The molecule has 5 aromatic rings. The number of aromatic nitrogens is 2. The minimum atomic E-state index is -0.548. The summed E-state index contributed by atoms with van der Waals surface area (Å²) in [6.07, 6.45) is 3.82. The highest BCUT2D eigenvalue weighted by Crippen LogP contribution is 2.24. The molecule has 2 atom stereocenters. The van der Waals surface area contributed by atoms with Crippen LogP contribution in [0.5, 0.6) is 0 Å². The molecule has 2 aromatic heterocycles. The van der Waals surface area contributed by atoms with Crippen LogP contribution in [0.25, 0.3) is 0 Å². The van der Waals surface area contributed by atoms with Crippen molar-refractivity contribution in [1.29, 1.82) is 0 Å². The lowest BCUT2D eigenvalue weighted by Gasteiger charge is -2.44. The highest BCUT2D eigenvalue weighted by Gasteiger charge is 2.33. The fourth-order valence-corrected chi connectivity index (χ4v) is 8.13. The smallest absolute Gasteiger partial charge is 0.410 e. The number of carbonyl (C=O) groups excluding carboxylic acids is 4. The molecule has 16 nitrogen and oxygen atoms in total. The molecule has 68 heavy (non-hydrogen) atoms. The number of amides is 7. The predicted octanol–water partition coefficient (Wildman–Crippen LogP) is 8.52. The molecule has 3 aromatic carbocycles. The van der Waals surface area contributed by atoms with Gasteiger partial charge in [-0.2, -0.15) is 0 Å². The number of rotatable bonds is 10. The van der Waals surface area contributed by atoms with Gasteiger partial charge in [-0.1, -0.05) is 54.6 Å². The van der Waals surface area contributed by atoms with Crippen LogP contribution in [-0.4, -0.2) is 123 Å². The Balaban J connectivity index is 0.000000203. The molecule has 18 heteroatoms. The Morgan fingerprint density at radius 3 is 1.54 bits per heavy atom. The molecule has 3 fully saturated rings. The van der Waals surface area contributed by atoms with E-state index in [1.54, 1.807) is 65.8 Å². The van der Waals surface area contributed by atoms with Gasteiger partial charge in [-0.15, -0.1) is 0 Å². The van der Waals surface area contributed by atoms with Crippen molar-refractivity contribution in [3.05, 3.63) is 143 Å². The Morgan fingerprint density at radius 1 is 0.603 bits per heavy atom. The molecule has 8 rings (SSSR count). The lowest BCUT2D eigenvalue weighted by Crippen LogP contribution is -2.59. The monoisotopic (exact) mass is 931 g/mol. The first-order chi connectivity index (χ1) is 32.8. The zero-order valence-corrected chi connectivity index (χ0v) is 38.9. The summed E-state index contributed by atoms with van der Waals surface area (Å²) >= 11 is 0. The number of ether oxygens (including phenoxy) is 1. The summed E-state index contributed by atoms with van der Waals surface area (Å²) in [5, 5.41) is 10.4. The van der Waals surface area contributed by atoms with E-state index >= 15 is 8.78 Å². The van der Waals surface area contributed by atoms with Crippen molar-refractivity contribution in [2.45, 2.75) is 65.9 Å². The molecule has 5 heterocycles. The average Bonchev–Trinajstić information content (AvgIpc) is 3.30. The molecule has 358 valence electrons. The molecule has 0 bridgehead atoms. The van der Waals surface area contributed by atoms with Crippen molar-refractivity contribution in [1.82, 2.24) is 34.5 Å². The lowest BCUT2D eigenvalue weighted by molar-refractivity contribution is 0.0455. The molecular weight excluding hydrogens is 873 g/mol. The Hall–Kier alpha value is -7.18. The third-order valence-corrected chi connectivity index (χ3v) is 12.0. The maximum atomic E-state index is 15.2. The number of hydrogen-bond acceptors (Lipinski definition) is 9. The van der Waals surface area contributed by atoms with E-state index in [-0.39, 0.29) is 42.2 Å². The van der Waals surface area contributed by atoms with E-state index in [4.69, 9.17) is 4.74 Å². The standard InChI is InChI=1S/C27H30FN5O3.C23H29FN6O2/c1-19-11-12-23(15-29-19)30-26(34)31-24-10-6-9-22(25(24)28)17-32-13-14-33(20(2)16-32)27(35)36-18-21-7-4-3-5-8-21;1-16-7-8-19(13-25-16)26-22(31)27-20-6-3-5-18(21(20)24)15-28-11-12-30(17(2)14-28)23(32)29-9-4-10-29/h3-12,15,20H,13-14,16-18H2,1-2H3,(H2,30,31,34);3,5-8,13,17H,4,9-12,14-15H2,1-2H3,(H2,26,27,31)/t20-;17-/m11/s1. The number of likely N-dealkylation sites (tertiary alicyclic amines) is 1. The van der Waals surface area contributed by atoms with Gasteiger partial charge in [0.15, 0.2) is 11.6 Å². The van der Waals surface area contributed by atoms with E-state index in [0.29, 0.717) is 74.9 Å². The minimum Gasteiger partial charge on any atom is -0.445 e. The number of nitrogens with zero attached hydrogens (tertiary/aromatic N) is 7. The van der Waals surface area contributed by atoms with Gasteiger partial charge in [-0.25, -0.2) is 28.0 Å². The van der Waals surface area contributed by atoms with Crippen LogP contribution in [-0.2, 0) is 24.4 Å². The summed E-state index contributed by atoms with van der Waals surface area (Å²) < 4.78 is 35.7. The Kier molecular flexibility index (Phi) is 16.5. The number of benzene rings is 3. The van der Waals surface area contributed by atoms with Crippen molar-refractivity contribution in [2.24, 2.45) is 0 Å². The van der Waals surface area contributed by atoms with Gasteiger partial charge in [-0.05, 0) is 76.1 Å². The average molecular weight is 932 g/mol. The first kappa shape index (κ1) is 48.7. The van der Waals surface area contributed by atoms with Gasteiger partial charge in [0.2, 0.25) is 0 Å². The maximum Gasteiger partial charge on any atom is 0.410 e. The zero-order valence-electron chi connectivity index (χ0n) is 38.9. The summed E-state index contributed by atoms with van der Waals surface area (Å²) in [4.78, 5) is 67.7. The van der Waals surface area contributed by atoms with Crippen LogP contribution < -0.4 is 21.3 Å². The van der Waals surface area contributed by atoms with E-state index in [2.05, 4.69) is 41.0 Å². The zero-order chi connectivity index (χ0) is 48.2. The summed E-state index contributed by atoms with van der Waals surface area (Å²) in [5.41, 5.74) is 4.86. The number of hydrogen-bond donors (Lipinski definition) is 4. The van der Waals surface area contributed by atoms with Crippen LogP contribution in [0.15, 0.2) is 103 Å². The third-order valence-electron chi connectivity index (χ3n) is 12.0. The molecule has 0 aliphatic carbocycles. The van der Waals surface area contributed by atoms with Gasteiger partial charge in [0.1, 0.15) is 6.61 Å². The van der Waals surface area contributed by atoms with Gasteiger partial charge in [0.05, 0.1) is 35.1 Å². The van der Waals surface area contributed by atoms with Gasteiger partial charge in [0.25, 0.3) is 0 Å². The quantitative estimate of drug-likeness (QED) is 0.107. The Labute approximate surface area is 395 Å². The molecule has 3 saturated heterocycles. The molecule has 4 N–H and O–H groups in total. The van der Waals surface area contributed by atoms with E-state index in [0.717, 1.165) is 36.5 Å². The van der Waals surface area contributed by atoms with Crippen LogP contribution in [0, 0.1) is 25.5 Å². The fraction of sp³-hybridized carbons (Fsp3) is 0.360. The van der Waals surface area contributed by atoms with Crippen molar-refractivity contribution >= 4 is 46.9 Å². The van der Waals surface area contributed by atoms with E-state index < -0.39 is 23.7 Å². The second-order valence-corrected chi connectivity index (χ2v) is 17.3. The van der Waals surface area contributed by atoms with Crippen molar-refractivity contribution in [2.75, 3.05) is 73.6 Å². The molecular formula is C50H59F2N11O5. The Bertz CT molecular complexity index is 2510. The second-order valence-electron chi connectivity index (χ2n) is 17.3. The number of piperazine rings is 2. The predicted molar refractivity (Wildman–Crippen MR) is 257 cm³/mol. The van der Waals surface area contributed by atoms with Crippen LogP contribution in [0.1, 0.15) is 48.3 Å². The normalized spacial score (nSPS) is 17.2. The van der Waals surface area contributed by atoms with Gasteiger partial charge in [0, 0.05) is 100 Å². The summed E-state index contributed by atoms with van der Waals surface area (Å²) in [6.45, 7) is 14.0. The second kappa shape index (κ2) is 23.0. The number of aryl methyl sites for hydroxylation is 2. The van der Waals surface area contributed by atoms with Crippen molar-refractivity contribution in [3.8, 4) is 0 Å². The summed E-state index contributed by atoms with van der Waals surface area (Å²) in [7, 11) is 0. The van der Waals surface area contributed by atoms with E-state index in [9.17, 15) is 19.2 Å². The first-order valence-electron chi connectivity index (χ1n) is 22.8. The number of anilines is 4. The molecule has 0 unspecified atom stereocenters. The van der Waals surface area contributed by atoms with E-state index in [1.807, 2.05) is 67.8 Å². The molecule has 7 amide bonds. The maximum absolute atomic E-state index is 15.2. The third kappa shape index (κ3) is 13.3. The highest BCUT2D eigenvalue weighted by molar-refractivity contribution is 6.00. The molecule has 0 saturated carbocycles. The number of nitrogens with one attached hydrogen (secondary N) is 4. The van der Waals surface area contributed by atoms with Gasteiger partial charge >= 0.3 is 24.2 Å². The van der Waals surface area contributed by atoms with Crippen LogP contribution in [0.2, 0.25) is 0 Å². The number of halogens is 2. The number of pyridine rings is 2. The topological polar surface area (TPSA) is 168 Å². The molecule has 3 aliphatic heterocycles. The van der Waals surface area contributed by atoms with Gasteiger partial charge < -0.3 is 40.7 Å². The van der Waals surface area contributed by atoms with Crippen LogP contribution in [0.3, 0.4) is 0 Å². The van der Waals surface area contributed by atoms with E-state index in [1.165, 1.54) is 12.1 Å². The van der Waals surface area contributed by atoms with Crippen LogP contribution >= 0.6 is 0 Å². The summed E-state index contributed by atoms with van der Waals surface area (Å²) in [5.74, 6) is -0.927. The molecule has 0 spiro atoms. The van der Waals surface area contributed by atoms with Gasteiger partial charge in [-0.3, -0.25) is 19.8 Å². The molecule has 0 radical (unpaired) electrons. The number of urea groups is 3. The van der Waals surface area contributed by atoms with Crippen LogP contribution in [0.4, 0.5) is 50.7 Å². The van der Waals surface area contributed by atoms with Crippen molar-refractivity contribution in [3.63, 3.8) is 0 Å². The minimum absolute atomic E-state index is 0.0649. The largest absolute Gasteiger partial charge is 0.445 e. The SMILES string of the molecule is Cc1ccc(NC(=O)Nc2cccc(CN3CCN(C(=O)N4CCC4)[C@H](C)C3)c2F)cn1.Cc1ccc(NC(=O)Nc2cccc(CN3CCN(C(=O)OCc4ccccc4)[C@H](C)C3)c2F)cn1. The first-order valence-corrected chi connectivity index (χ1v) is 22.8. The fourth-order valence-electron chi connectivity index (χ4n) is 8.13. The van der Waals surface area contributed by atoms with Crippen molar-refractivity contribution < 1.29 is 32.7 Å². The number of carbonyl (C=O) groups is 4. The highest BCUT2D eigenvalue weighted by atomic mass is 19.1.